The first-order valence-corrected chi connectivity index (χ1v) is 9.00. The number of rotatable bonds is 5. The van der Waals surface area contributed by atoms with Crippen molar-refractivity contribution < 1.29 is 9.47 Å². The van der Waals surface area contributed by atoms with Gasteiger partial charge in [0.25, 0.3) is 0 Å². The minimum absolute atomic E-state index is 0.315. The van der Waals surface area contributed by atoms with Crippen LogP contribution in [-0.4, -0.2) is 27.3 Å². The van der Waals surface area contributed by atoms with E-state index < -0.39 is 0 Å². The van der Waals surface area contributed by atoms with Crippen LogP contribution in [0.15, 0.2) is 61.2 Å². The molecule has 0 unspecified atom stereocenters. The van der Waals surface area contributed by atoms with Crippen molar-refractivity contribution in [3.63, 3.8) is 0 Å². The molecule has 0 amide bonds. The van der Waals surface area contributed by atoms with Crippen molar-refractivity contribution in [2.45, 2.75) is 32.1 Å². The summed E-state index contributed by atoms with van der Waals surface area (Å²) in [5.74, 6) is 1.68. The molecule has 2 heterocycles. The molecule has 0 N–H and O–H groups in total. The highest BCUT2D eigenvalue weighted by Gasteiger charge is 2.27. The van der Waals surface area contributed by atoms with Crippen LogP contribution < -0.4 is 9.47 Å². The second-order valence-corrected chi connectivity index (χ2v) is 6.98. The molecular formula is C21H21N3O2. The van der Waals surface area contributed by atoms with Gasteiger partial charge in [0, 0.05) is 25.0 Å². The van der Waals surface area contributed by atoms with Crippen LogP contribution in [0.5, 0.6) is 11.5 Å². The van der Waals surface area contributed by atoms with Gasteiger partial charge in [0.1, 0.15) is 0 Å². The molecule has 0 spiro atoms. The lowest BCUT2D eigenvalue weighted by atomic mass is 10.1. The predicted octanol–water partition coefficient (Wildman–Crippen LogP) is 3.24. The molecule has 0 bridgehead atoms. The topological polar surface area (TPSA) is 39.5 Å². The molecule has 0 saturated heterocycles. The molecule has 1 aromatic heterocycles. The quantitative estimate of drug-likeness (QED) is 0.710. The van der Waals surface area contributed by atoms with Gasteiger partial charge in [-0.2, -0.15) is 0 Å². The standard InChI is InChI=1S/C21H21N3O2/c1-2-4-18-11-19(10-17(18)3-1)24(14-23-8-7-22-13-23)12-16-5-6-20-21(9-16)26-15-25-20/h1-9,13,19H,10-12,14-15H2. The van der Waals surface area contributed by atoms with Crippen LogP contribution in [0.2, 0.25) is 0 Å². The highest BCUT2D eigenvalue weighted by Crippen LogP contribution is 2.34. The Labute approximate surface area is 152 Å². The van der Waals surface area contributed by atoms with Crippen molar-refractivity contribution in [2.75, 3.05) is 6.79 Å². The van der Waals surface area contributed by atoms with Gasteiger partial charge in [-0.3, -0.25) is 4.90 Å². The molecule has 5 heteroatoms. The third-order valence-electron chi connectivity index (χ3n) is 5.27. The fourth-order valence-corrected chi connectivity index (χ4v) is 3.94. The number of imidazole rings is 1. The molecule has 2 aliphatic rings. The van der Waals surface area contributed by atoms with Crippen molar-refractivity contribution >= 4 is 0 Å². The average molecular weight is 347 g/mol. The fraction of sp³-hybridized carbons (Fsp3) is 0.286. The molecule has 26 heavy (non-hydrogen) atoms. The number of hydrogen-bond donors (Lipinski definition) is 0. The molecular weight excluding hydrogens is 326 g/mol. The fourth-order valence-electron chi connectivity index (χ4n) is 3.94. The van der Waals surface area contributed by atoms with Gasteiger partial charge in [-0.05, 0) is 41.7 Å². The van der Waals surface area contributed by atoms with E-state index in [0.717, 1.165) is 37.6 Å². The lowest BCUT2D eigenvalue weighted by molar-refractivity contribution is 0.146. The molecule has 132 valence electrons. The molecule has 1 aliphatic carbocycles. The Bertz CT molecular complexity index is 882. The maximum absolute atomic E-state index is 5.55. The van der Waals surface area contributed by atoms with Crippen molar-refractivity contribution in [1.82, 2.24) is 14.5 Å². The number of nitrogens with zero attached hydrogens (tertiary/aromatic N) is 3. The minimum atomic E-state index is 0.315. The molecule has 0 atom stereocenters. The predicted molar refractivity (Wildman–Crippen MR) is 98.0 cm³/mol. The Morgan fingerprint density at radius 2 is 1.85 bits per heavy atom. The van der Waals surface area contributed by atoms with Crippen LogP contribution in [0.1, 0.15) is 16.7 Å². The lowest BCUT2D eigenvalue weighted by Crippen LogP contribution is -2.36. The van der Waals surface area contributed by atoms with Crippen LogP contribution in [0, 0.1) is 0 Å². The van der Waals surface area contributed by atoms with E-state index in [1.165, 1.54) is 16.7 Å². The van der Waals surface area contributed by atoms with E-state index in [4.69, 9.17) is 9.47 Å². The smallest absolute Gasteiger partial charge is 0.231 e. The maximum Gasteiger partial charge on any atom is 0.231 e. The van der Waals surface area contributed by atoms with Gasteiger partial charge in [0.2, 0.25) is 6.79 Å². The summed E-state index contributed by atoms with van der Waals surface area (Å²) in [5, 5.41) is 0. The second-order valence-electron chi connectivity index (χ2n) is 6.98. The van der Waals surface area contributed by atoms with E-state index in [2.05, 4.69) is 50.8 Å². The summed E-state index contributed by atoms with van der Waals surface area (Å²) >= 11 is 0. The van der Waals surface area contributed by atoms with E-state index >= 15 is 0 Å². The SMILES string of the molecule is c1ccc2c(c1)CC(N(Cc1ccc3c(c1)OCO3)Cn1ccnc1)C2. The first kappa shape index (κ1) is 15.5. The summed E-state index contributed by atoms with van der Waals surface area (Å²) in [4.78, 5) is 6.72. The largest absolute Gasteiger partial charge is 0.454 e. The first-order valence-electron chi connectivity index (χ1n) is 9.00. The van der Waals surface area contributed by atoms with E-state index in [1.54, 1.807) is 0 Å². The van der Waals surface area contributed by atoms with Crippen LogP contribution in [-0.2, 0) is 26.1 Å². The van der Waals surface area contributed by atoms with Crippen molar-refractivity contribution in [1.29, 1.82) is 0 Å². The van der Waals surface area contributed by atoms with Gasteiger partial charge >= 0.3 is 0 Å². The Hall–Kier alpha value is -2.79. The Kier molecular flexibility index (Phi) is 3.87. The zero-order valence-electron chi connectivity index (χ0n) is 14.5. The van der Waals surface area contributed by atoms with Gasteiger partial charge in [-0.15, -0.1) is 0 Å². The molecule has 1 aliphatic heterocycles. The van der Waals surface area contributed by atoms with Crippen molar-refractivity contribution in [2.24, 2.45) is 0 Å². The normalized spacial score (nSPS) is 15.6. The second kappa shape index (κ2) is 6.50. The van der Waals surface area contributed by atoms with Gasteiger partial charge in [0.05, 0.1) is 13.0 Å². The zero-order valence-corrected chi connectivity index (χ0v) is 14.5. The summed E-state index contributed by atoms with van der Waals surface area (Å²) in [5.41, 5.74) is 4.18. The number of benzene rings is 2. The highest BCUT2D eigenvalue weighted by atomic mass is 16.7. The Balaban J connectivity index is 1.39. The van der Waals surface area contributed by atoms with Crippen LogP contribution in [0.25, 0.3) is 0 Å². The number of aromatic nitrogens is 2. The lowest BCUT2D eigenvalue weighted by Gasteiger charge is -2.29. The van der Waals surface area contributed by atoms with Gasteiger partial charge in [0.15, 0.2) is 11.5 Å². The molecule has 0 fully saturated rings. The monoisotopic (exact) mass is 347 g/mol. The van der Waals surface area contributed by atoms with Crippen molar-refractivity contribution in [3.8, 4) is 11.5 Å². The van der Waals surface area contributed by atoms with E-state index in [-0.39, 0.29) is 0 Å². The minimum Gasteiger partial charge on any atom is -0.454 e. The number of ether oxygens (including phenoxy) is 2. The third-order valence-corrected chi connectivity index (χ3v) is 5.27. The number of hydrogen-bond acceptors (Lipinski definition) is 4. The molecule has 5 rings (SSSR count). The zero-order chi connectivity index (χ0) is 17.3. The first-order chi connectivity index (χ1) is 12.8. The molecule has 5 nitrogen and oxygen atoms in total. The van der Waals surface area contributed by atoms with E-state index in [0.29, 0.717) is 12.8 Å². The molecule has 0 radical (unpaired) electrons. The van der Waals surface area contributed by atoms with Crippen LogP contribution in [0.3, 0.4) is 0 Å². The van der Waals surface area contributed by atoms with Crippen LogP contribution in [0.4, 0.5) is 0 Å². The van der Waals surface area contributed by atoms with E-state index in [1.807, 2.05) is 24.8 Å². The Morgan fingerprint density at radius 1 is 1.04 bits per heavy atom. The van der Waals surface area contributed by atoms with Crippen LogP contribution >= 0.6 is 0 Å². The molecule has 2 aromatic carbocycles. The maximum atomic E-state index is 5.55. The Morgan fingerprint density at radius 3 is 2.62 bits per heavy atom. The van der Waals surface area contributed by atoms with E-state index in [9.17, 15) is 0 Å². The summed E-state index contributed by atoms with van der Waals surface area (Å²) in [6.45, 7) is 2.01. The van der Waals surface area contributed by atoms with Gasteiger partial charge < -0.3 is 14.0 Å². The third kappa shape index (κ3) is 2.95. The number of fused-ring (bicyclic) bond motifs is 2. The highest BCUT2D eigenvalue weighted by molar-refractivity contribution is 5.44. The molecule has 0 saturated carbocycles. The summed E-state index contributed by atoms with van der Waals surface area (Å²) in [7, 11) is 0. The van der Waals surface area contributed by atoms with Crippen molar-refractivity contribution in [3.05, 3.63) is 77.9 Å². The average Bonchev–Trinajstić information content (AvgIpc) is 3.40. The summed E-state index contributed by atoms with van der Waals surface area (Å²) < 4.78 is 13.1. The van der Waals surface area contributed by atoms with Gasteiger partial charge in [-0.25, -0.2) is 4.98 Å². The summed E-state index contributed by atoms with van der Waals surface area (Å²) in [6.07, 6.45) is 7.93. The summed E-state index contributed by atoms with van der Waals surface area (Å²) in [6, 6.07) is 15.5. The van der Waals surface area contributed by atoms with Gasteiger partial charge in [-0.1, -0.05) is 30.3 Å². The molecule has 3 aromatic rings.